The van der Waals surface area contributed by atoms with Crippen LogP contribution in [0.5, 0.6) is 0 Å². The van der Waals surface area contributed by atoms with E-state index in [9.17, 15) is 55.1 Å². The van der Waals surface area contributed by atoms with Crippen molar-refractivity contribution in [2.45, 2.75) is 209 Å². The standard InChI is InChI=1S/C75H102F8N12O12/c1-13-21-52-63(99)85-61(44(3)14-2)69(105)88(7)42-59(98)90(9)53-24-16-15-19-35-94(68(53)104)55(38-45-25-28-48(29-26-45)74(78,79)80)66(102)87(6)41-57(96)84-51(30-27-46-36-49(76)60(50(77)37-46)75(81,82)83)64(100)95-43-72(33-34-72)40-56(95)67(103)93(12)73(31-20-32-73)71(107)92(11)62(47-22-17-18-23-47)70(106)91(10)54(65(101)86(4)5)39-58(97)89(52)8/h15-16,25-26,28-29,36-37,44,47,51-56,61-62H,13-14,17-24,27,30-35,38-43H2,1-12H3,(H,84,96)(H,85,99)/b16-15-/t44-,51-,52-,53-,54-,55-,56-,61-,62-/m0/s1. The van der Waals surface area contributed by atoms with Crippen LogP contribution in [0.4, 0.5) is 35.1 Å². The number of hydrogen-bond acceptors (Lipinski definition) is 12. The third kappa shape index (κ3) is 18.7. The second-order valence-electron chi connectivity index (χ2n) is 30.4. The van der Waals surface area contributed by atoms with Gasteiger partial charge in [-0.3, -0.25) is 57.5 Å². The lowest BCUT2D eigenvalue weighted by Gasteiger charge is -2.51. The Labute approximate surface area is 619 Å². The lowest BCUT2D eigenvalue weighted by molar-refractivity contribution is -0.166. The number of halogens is 8. The van der Waals surface area contributed by atoms with E-state index in [1.54, 1.807) is 32.9 Å². The second kappa shape index (κ2) is 34.2. The highest BCUT2D eigenvalue weighted by Crippen LogP contribution is 2.56. The summed E-state index contributed by atoms with van der Waals surface area (Å²) in [7, 11) is 12.2. The summed E-state index contributed by atoms with van der Waals surface area (Å²) in [5.74, 6) is -14.5. The summed E-state index contributed by atoms with van der Waals surface area (Å²) in [6.45, 7) is 3.32. The molecule has 2 aromatic rings. The smallest absolute Gasteiger partial charge is 0.347 e. The molecule has 24 nitrogen and oxygen atoms in total. The normalized spacial score (nSPS) is 26.5. The molecule has 0 radical (unpaired) electrons. The van der Waals surface area contributed by atoms with E-state index < -0.39 is 216 Å². The Bertz CT molecular complexity index is 3690. The number of carbonyl (C=O) groups excluding carboxylic acids is 12. The Kier molecular flexibility index (Phi) is 26.8. The number of carbonyl (C=O) groups is 12. The minimum atomic E-state index is -5.44. The zero-order valence-electron chi connectivity index (χ0n) is 63.1. The van der Waals surface area contributed by atoms with Gasteiger partial charge in [-0.05, 0) is 136 Å². The van der Waals surface area contributed by atoms with Crippen molar-refractivity contribution in [1.29, 1.82) is 0 Å². The van der Waals surface area contributed by atoms with Crippen molar-refractivity contribution < 1.29 is 92.7 Å². The van der Waals surface area contributed by atoms with Crippen LogP contribution in [0.2, 0.25) is 0 Å². The molecule has 3 saturated carbocycles. The molecular weight excluding hydrogens is 1410 g/mol. The molecule has 8 rings (SSSR count). The van der Waals surface area contributed by atoms with Crippen molar-refractivity contribution in [2.24, 2.45) is 17.3 Å². The van der Waals surface area contributed by atoms with E-state index in [4.69, 9.17) is 0 Å². The fraction of sp³-hybridized carbons (Fsp3) is 0.653. The molecule has 6 aliphatic rings. The molecule has 9 atom stereocenters. The summed E-state index contributed by atoms with van der Waals surface area (Å²) in [6, 6.07) is -6.86. The maximum atomic E-state index is 15.7. The maximum absolute atomic E-state index is 15.7. The van der Waals surface area contributed by atoms with Crippen molar-refractivity contribution in [3.05, 3.63) is 82.4 Å². The predicted octanol–water partition coefficient (Wildman–Crippen LogP) is 6.21. The zero-order chi connectivity index (χ0) is 79.3. The van der Waals surface area contributed by atoms with Gasteiger partial charge in [-0.15, -0.1) is 0 Å². The molecular formula is C75H102F8N12O12. The van der Waals surface area contributed by atoms with Gasteiger partial charge >= 0.3 is 12.4 Å². The largest absolute Gasteiger partial charge is 0.422 e. The van der Waals surface area contributed by atoms with E-state index in [0.717, 1.165) is 60.7 Å². The molecule has 2 spiro atoms. The molecule has 0 aromatic heterocycles. The van der Waals surface area contributed by atoms with Gasteiger partial charge in [0.15, 0.2) is 0 Å². The highest BCUT2D eigenvalue weighted by molar-refractivity contribution is 6.01. The van der Waals surface area contributed by atoms with Gasteiger partial charge in [0.25, 0.3) is 0 Å². The van der Waals surface area contributed by atoms with Gasteiger partial charge in [0.1, 0.15) is 71.1 Å². The lowest BCUT2D eigenvalue weighted by Crippen LogP contribution is -2.68. The van der Waals surface area contributed by atoms with Gasteiger partial charge in [-0.2, -0.15) is 26.3 Å². The minimum Gasteiger partial charge on any atom is -0.347 e. The van der Waals surface area contributed by atoms with E-state index in [0.29, 0.717) is 69.9 Å². The van der Waals surface area contributed by atoms with Crippen molar-refractivity contribution in [3.8, 4) is 0 Å². The molecule has 590 valence electrons. The fourth-order valence-electron chi connectivity index (χ4n) is 15.7. The van der Waals surface area contributed by atoms with Crippen LogP contribution in [0.15, 0.2) is 48.6 Å². The Morgan fingerprint density at radius 3 is 1.80 bits per heavy atom. The van der Waals surface area contributed by atoms with Gasteiger partial charge in [0.05, 0.1) is 25.1 Å². The first kappa shape index (κ1) is 83.9. The van der Waals surface area contributed by atoms with E-state index in [1.165, 1.54) is 76.0 Å². The number of benzene rings is 2. The van der Waals surface area contributed by atoms with Crippen LogP contribution in [-0.4, -0.2) is 263 Å². The van der Waals surface area contributed by atoms with Crippen molar-refractivity contribution in [2.75, 3.05) is 89.6 Å². The average molecular weight is 1520 g/mol. The monoisotopic (exact) mass is 1510 g/mol. The van der Waals surface area contributed by atoms with E-state index in [1.807, 2.05) is 0 Å². The van der Waals surface area contributed by atoms with Crippen LogP contribution in [-0.2, 0) is 82.7 Å². The van der Waals surface area contributed by atoms with Gasteiger partial charge in [0.2, 0.25) is 70.9 Å². The molecule has 3 heterocycles. The molecule has 107 heavy (non-hydrogen) atoms. The molecule has 32 heteroatoms. The molecule has 2 bridgehead atoms. The Balaban J connectivity index is 1.22. The van der Waals surface area contributed by atoms with Gasteiger partial charge in [0, 0.05) is 82.9 Å². The summed E-state index contributed by atoms with van der Waals surface area (Å²) < 4.78 is 114. The van der Waals surface area contributed by atoms with E-state index in [-0.39, 0.29) is 62.7 Å². The third-order valence-electron chi connectivity index (χ3n) is 22.9. The molecule has 12 amide bonds. The number of nitrogens with one attached hydrogen (secondary N) is 2. The van der Waals surface area contributed by atoms with Crippen molar-refractivity contribution in [1.82, 2.24) is 59.6 Å². The summed E-state index contributed by atoms with van der Waals surface area (Å²) >= 11 is 0. The minimum absolute atomic E-state index is 0.0615. The highest BCUT2D eigenvalue weighted by atomic mass is 19.4. The average Bonchev–Trinajstić information content (AvgIpc) is 1.58. The molecule has 3 aliphatic carbocycles. The lowest BCUT2D eigenvalue weighted by atomic mass is 9.73. The van der Waals surface area contributed by atoms with Crippen LogP contribution in [0, 0.1) is 28.9 Å². The van der Waals surface area contributed by atoms with Crippen LogP contribution in [0.1, 0.15) is 152 Å². The number of hydrogen-bond donors (Lipinski definition) is 2. The first-order valence-corrected chi connectivity index (χ1v) is 36.7. The number of rotatable bonds is 11. The summed E-state index contributed by atoms with van der Waals surface area (Å²) in [6.07, 6.45) is -4.41. The Hall–Kier alpha value is -8.74. The first-order chi connectivity index (χ1) is 50.1. The molecule has 3 aliphatic heterocycles. The molecule has 0 unspecified atom stereocenters. The van der Waals surface area contributed by atoms with Crippen LogP contribution >= 0.6 is 0 Å². The zero-order valence-corrected chi connectivity index (χ0v) is 63.1. The van der Waals surface area contributed by atoms with Gasteiger partial charge in [-0.1, -0.05) is 70.7 Å². The summed E-state index contributed by atoms with van der Waals surface area (Å²) in [5.41, 5.74) is -5.72. The number of likely N-dealkylation sites (N-methyl/N-ethyl adjacent to an activating group) is 8. The summed E-state index contributed by atoms with van der Waals surface area (Å²) in [4.78, 5) is 192. The Morgan fingerprint density at radius 1 is 0.636 bits per heavy atom. The van der Waals surface area contributed by atoms with Crippen LogP contribution in [0.3, 0.4) is 0 Å². The van der Waals surface area contributed by atoms with E-state index in [2.05, 4.69) is 10.6 Å². The predicted molar refractivity (Wildman–Crippen MR) is 375 cm³/mol. The molecule has 2 N–H and O–H groups in total. The van der Waals surface area contributed by atoms with E-state index >= 15 is 37.5 Å². The number of nitrogens with zero attached hydrogens (tertiary/aromatic N) is 10. The quantitative estimate of drug-likeness (QED) is 0.188. The van der Waals surface area contributed by atoms with Crippen molar-refractivity contribution in [3.63, 3.8) is 0 Å². The number of alkyl halides is 6. The first-order valence-electron chi connectivity index (χ1n) is 36.7. The maximum Gasteiger partial charge on any atom is 0.422 e. The summed E-state index contributed by atoms with van der Waals surface area (Å²) in [5, 5.41) is 5.42. The number of amides is 12. The molecule has 2 aromatic carbocycles. The van der Waals surface area contributed by atoms with Crippen molar-refractivity contribution >= 4 is 70.9 Å². The molecule has 5 fully saturated rings. The Morgan fingerprint density at radius 2 is 1.25 bits per heavy atom. The SMILES string of the molecule is CCC[C@H]1C(=O)N[C@@H]([C@@H](C)CC)C(=O)N(C)CC(=O)N(C)[C@H]2C/C=C\CCN(C2=O)[C@@H](Cc2ccc(C(F)(F)F)cc2)C(=O)N(C)CC(=O)N[C@@H](CCc2cc(F)c(C(F)(F)F)c(F)c2)C(=O)N2CC3(CC3)C[C@H]2C(=O)N(C)C2(CCC2)C(=O)N(C)[C@@H](C2CCCC2)C(=O)N(C)[C@H](C(=O)N(C)C)CC(=O)N1C. The van der Waals surface area contributed by atoms with Gasteiger partial charge in [-0.25, -0.2) is 8.78 Å². The highest BCUT2D eigenvalue weighted by Gasteiger charge is 2.60. The van der Waals surface area contributed by atoms with Gasteiger partial charge < -0.3 is 59.6 Å². The third-order valence-corrected chi connectivity index (χ3v) is 22.9. The molecule has 2 saturated heterocycles. The second-order valence-corrected chi connectivity index (χ2v) is 30.4. The topological polar surface area (TPSA) is 261 Å². The number of fused-ring (bicyclic) bond motifs is 3. The van der Waals surface area contributed by atoms with Crippen LogP contribution in [0.25, 0.3) is 0 Å². The number of aryl methyl sites for hydroxylation is 1. The van der Waals surface area contributed by atoms with Crippen LogP contribution < -0.4 is 10.6 Å². The fourth-order valence-corrected chi connectivity index (χ4v) is 15.7.